The van der Waals surface area contributed by atoms with Gasteiger partial charge in [-0.15, -0.1) is 0 Å². The average molecular weight is 315 g/mol. The van der Waals surface area contributed by atoms with Crippen molar-refractivity contribution in [2.75, 3.05) is 12.4 Å². The summed E-state index contributed by atoms with van der Waals surface area (Å²) in [7, 11) is 0. The number of thiol groups is 1. The summed E-state index contributed by atoms with van der Waals surface area (Å²) >= 11 is 10.8. The first-order chi connectivity index (χ1) is 9.39. The Hall–Kier alpha value is -0.340. The molecule has 20 heavy (non-hydrogen) atoms. The summed E-state index contributed by atoms with van der Waals surface area (Å²) in [5, 5.41) is 0.830. The fourth-order valence-electron chi connectivity index (χ4n) is 2.22. The summed E-state index contributed by atoms with van der Waals surface area (Å²) in [5.41, 5.74) is 2.41. The highest BCUT2D eigenvalue weighted by molar-refractivity contribution is 7.80. The number of rotatable bonds is 7. The van der Waals surface area contributed by atoms with E-state index in [1.165, 1.54) is 0 Å². The summed E-state index contributed by atoms with van der Waals surface area (Å²) < 4.78 is 6.11. The van der Waals surface area contributed by atoms with Gasteiger partial charge in [-0.1, -0.05) is 39.3 Å². The molecular weight excluding hydrogens is 288 g/mol. The molecular formula is C17H27ClOS. The van der Waals surface area contributed by atoms with Crippen molar-refractivity contribution in [2.45, 2.75) is 53.4 Å². The summed E-state index contributed by atoms with van der Waals surface area (Å²) in [6.45, 7) is 11.5. The van der Waals surface area contributed by atoms with Crippen LogP contribution in [0.2, 0.25) is 5.02 Å². The maximum Gasteiger partial charge on any atom is 0.122 e. The molecule has 0 bridgehead atoms. The van der Waals surface area contributed by atoms with E-state index in [1.807, 2.05) is 13.0 Å². The van der Waals surface area contributed by atoms with Crippen LogP contribution in [0.25, 0.3) is 0 Å². The van der Waals surface area contributed by atoms with Crippen LogP contribution in [0.3, 0.4) is 0 Å². The maximum absolute atomic E-state index is 6.30. The Morgan fingerprint density at radius 1 is 1.25 bits per heavy atom. The molecule has 0 N–H and O–H groups in total. The average Bonchev–Trinajstić information content (AvgIpc) is 2.42. The fourth-order valence-corrected chi connectivity index (χ4v) is 3.20. The Bertz CT molecular complexity index is 431. The highest BCUT2D eigenvalue weighted by Gasteiger charge is 2.26. The molecule has 0 saturated heterocycles. The molecule has 0 aromatic heterocycles. The van der Waals surface area contributed by atoms with E-state index in [-0.39, 0.29) is 5.41 Å². The molecule has 0 aliphatic heterocycles. The molecule has 0 aliphatic rings. The monoisotopic (exact) mass is 314 g/mol. The quantitative estimate of drug-likeness (QED) is 0.618. The Morgan fingerprint density at radius 3 is 2.30 bits per heavy atom. The first-order valence-electron chi connectivity index (χ1n) is 7.42. The Morgan fingerprint density at radius 2 is 1.85 bits per heavy atom. The molecule has 1 aromatic carbocycles. The molecule has 0 heterocycles. The van der Waals surface area contributed by atoms with E-state index in [1.54, 1.807) is 0 Å². The lowest BCUT2D eigenvalue weighted by atomic mass is 9.85. The molecule has 1 aromatic rings. The minimum atomic E-state index is 0.160. The van der Waals surface area contributed by atoms with Crippen LogP contribution in [-0.4, -0.2) is 12.4 Å². The van der Waals surface area contributed by atoms with Gasteiger partial charge in [0.2, 0.25) is 0 Å². The zero-order chi connectivity index (χ0) is 15.3. The van der Waals surface area contributed by atoms with Gasteiger partial charge in [-0.25, -0.2) is 0 Å². The van der Waals surface area contributed by atoms with Crippen molar-refractivity contribution < 1.29 is 4.74 Å². The Kier molecular flexibility index (Phi) is 6.74. The van der Waals surface area contributed by atoms with Crippen LogP contribution in [0.5, 0.6) is 5.75 Å². The van der Waals surface area contributed by atoms with Gasteiger partial charge in [0.1, 0.15) is 5.75 Å². The van der Waals surface area contributed by atoms with Crippen LogP contribution in [0.15, 0.2) is 12.1 Å². The Labute approximate surface area is 134 Å². The highest BCUT2D eigenvalue weighted by Crippen LogP contribution is 2.34. The zero-order valence-electron chi connectivity index (χ0n) is 13.3. The topological polar surface area (TPSA) is 9.23 Å². The van der Waals surface area contributed by atoms with Gasteiger partial charge in [-0.2, -0.15) is 12.6 Å². The third kappa shape index (κ3) is 4.08. The van der Waals surface area contributed by atoms with E-state index >= 15 is 0 Å². The standard InChI is InChI=1S/C17H27ClOS/c1-6-17(7-2,11-20)10-19-16-9-14(12(3)4)15(18)8-13(16)5/h8-9,12,20H,6-7,10-11H2,1-5H3. The largest absolute Gasteiger partial charge is 0.493 e. The molecule has 1 rings (SSSR count). The molecule has 0 spiro atoms. The number of aryl methyl sites for hydroxylation is 1. The van der Waals surface area contributed by atoms with Crippen LogP contribution in [-0.2, 0) is 0 Å². The van der Waals surface area contributed by atoms with E-state index in [4.69, 9.17) is 16.3 Å². The number of halogens is 1. The van der Waals surface area contributed by atoms with Crippen molar-refractivity contribution in [3.05, 3.63) is 28.3 Å². The molecule has 3 heteroatoms. The van der Waals surface area contributed by atoms with Gasteiger partial charge in [-0.3, -0.25) is 0 Å². The normalized spacial score (nSPS) is 12.0. The van der Waals surface area contributed by atoms with Crippen molar-refractivity contribution >= 4 is 24.2 Å². The molecule has 0 saturated carbocycles. The van der Waals surface area contributed by atoms with Gasteiger partial charge in [0.25, 0.3) is 0 Å². The molecule has 0 amide bonds. The van der Waals surface area contributed by atoms with E-state index in [9.17, 15) is 0 Å². The minimum absolute atomic E-state index is 0.160. The first kappa shape index (κ1) is 17.7. The summed E-state index contributed by atoms with van der Waals surface area (Å²) in [6, 6.07) is 4.10. The van der Waals surface area contributed by atoms with Crippen LogP contribution < -0.4 is 4.74 Å². The SMILES string of the molecule is CCC(CC)(CS)COc1cc(C(C)C)c(Cl)cc1C. The lowest BCUT2D eigenvalue weighted by molar-refractivity contribution is 0.156. The fraction of sp³-hybridized carbons (Fsp3) is 0.647. The predicted molar refractivity (Wildman–Crippen MR) is 92.6 cm³/mol. The van der Waals surface area contributed by atoms with E-state index < -0.39 is 0 Å². The maximum atomic E-state index is 6.30. The van der Waals surface area contributed by atoms with Crippen LogP contribution in [0.1, 0.15) is 57.6 Å². The first-order valence-corrected chi connectivity index (χ1v) is 8.43. The van der Waals surface area contributed by atoms with E-state index in [0.717, 1.165) is 40.5 Å². The molecule has 0 atom stereocenters. The van der Waals surface area contributed by atoms with Crippen molar-refractivity contribution in [1.29, 1.82) is 0 Å². The number of hydrogen-bond donors (Lipinski definition) is 1. The third-order valence-corrected chi connectivity index (χ3v) is 5.28. The highest BCUT2D eigenvalue weighted by atomic mass is 35.5. The van der Waals surface area contributed by atoms with Crippen LogP contribution in [0, 0.1) is 12.3 Å². The smallest absolute Gasteiger partial charge is 0.122 e. The van der Waals surface area contributed by atoms with Gasteiger partial charge < -0.3 is 4.74 Å². The van der Waals surface area contributed by atoms with Gasteiger partial charge in [-0.05, 0) is 54.7 Å². The van der Waals surface area contributed by atoms with E-state index in [0.29, 0.717) is 12.5 Å². The molecule has 0 radical (unpaired) electrons. The molecule has 0 aliphatic carbocycles. The zero-order valence-corrected chi connectivity index (χ0v) is 14.9. The van der Waals surface area contributed by atoms with Crippen LogP contribution >= 0.6 is 24.2 Å². The lowest BCUT2D eigenvalue weighted by Crippen LogP contribution is -2.29. The molecule has 114 valence electrons. The Balaban J connectivity index is 2.95. The van der Waals surface area contributed by atoms with Crippen molar-refractivity contribution in [3.63, 3.8) is 0 Å². The molecule has 0 fully saturated rings. The van der Waals surface area contributed by atoms with Crippen LogP contribution in [0.4, 0.5) is 0 Å². The van der Waals surface area contributed by atoms with Gasteiger partial charge in [0.15, 0.2) is 0 Å². The van der Waals surface area contributed by atoms with Gasteiger partial charge in [0.05, 0.1) is 6.61 Å². The molecule has 1 nitrogen and oxygen atoms in total. The lowest BCUT2D eigenvalue weighted by Gasteiger charge is -2.30. The second kappa shape index (κ2) is 7.61. The van der Waals surface area contributed by atoms with Crippen molar-refractivity contribution in [1.82, 2.24) is 0 Å². The minimum Gasteiger partial charge on any atom is -0.493 e. The van der Waals surface area contributed by atoms with Gasteiger partial charge in [0, 0.05) is 10.4 Å². The number of ether oxygens (including phenoxy) is 1. The summed E-state index contributed by atoms with van der Waals surface area (Å²) in [5.74, 6) is 2.20. The summed E-state index contributed by atoms with van der Waals surface area (Å²) in [6.07, 6.45) is 2.16. The second-order valence-corrected chi connectivity index (χ2v) is 6.67. The molecule has 0 unspecified atom stereocenters. The third-order valence-electron chi connectivity index (χ3n) is 4.29. The predicted octanol–water partition coefficient (Wildman–Crippen LogP) is 5.89. The second-order valence-electron chi connectivity index (χ2n) is 5.95. The van der Waals surface area contributed by atoms with E-state index in [2.05, 4.69) is 46.4 Å². The van der Waals surface area contributed by atoms with Crippen molar-refractivity contribution in [2.24, 2.45) is 5.41 Å². The van der Waals surface area contributed by atoms with Gasteiger partial charge >= 0.3 is 0 Å². The summed E-state index contributed by atoms with van der Waals surface area (Å²) in [4.78, 5) is 0. The van der Waals surface area contributed by atoms with Crippen molar-refractivity contribution in [3.8, 4) is 5.75 Å². The number of hydrogen-bond acceptors (Lipinski definition) is 2. The number of benzene rings is 1.